The van der Waals surface area contributed by atoms with Crippen molar-refractivity contribution >= 4 is 5.97 Å². The molecule has 25 heavy (non-hydrogen) atoms. The second-order valence-corrected chi connectivity index (χ2v) is 8.19. The maximum Gasteiger partial charge on any atom is 0.306 e. The molecule has 0 saturated carbocycles. The lowest BCUT2D eigenvalue weighted by molar-refractivity contribution is -0.877. The molecule has 0 amide bonds. The van der Waals surface area contributed by atoms with Gasteiger partial charge in [0.2, 0.25) is 0 Å². The van der Waals surface area contributed by atoms with Crippen molar-refractivity contribution in [3.63, 3.8) is 0 Å². The lowest BCUT2D eigenvalue weighted by Crippen LogP contribution is -2.50. The van der Waals surface area contributed by atoms with Crippen molar-refractivity contribution in [2.75, 3.05) is 27.7 Å². The summed E-state index contributed by atoms with van der Waals surface area (Å²) in [6, 6.07) is 0. The predicted octanol–water partition coefficient (Wildman–Crippen LogP) is 4.54. The molecule has 1 unspecified atom stereocenters. The molecule has 0 saturated heterocycles. The summed E-state index contributed by atoms with van der Waals surface area (Å²) >= 11 is 0. The third-order valence-electron chi connectivity index (χ3n) is 4.13. The van der Waals surface area contributed by atoms with E-state index < -0.39 is 11.6 Å². The molecule has 0 aliphatic carbocycles. The molecule has 4 heteroatoms. The van der Waals surface area contributed by atoms with Gasteiger partial charge in [-0.3, -0.25) is 4.79 Å². The van der Waals surface area contributed by atoms with Gasteiger partial charge in [-0.25, -0.2) is 0 Å². The van der Waals surface area contributed by atoms with Gasteiger partial charge in [0, 0.05) is 0 Å². The molecule has 0 aromatic heterocycles. The second-order valence-electron chi connectivity index (χ2n) is 8.19. The minimum Gasteiger partial charge on any atom is -0.481 e. The van der Waals surface area contributed by atoms with Crippen LogP contribution in [-0.4, -0.2) is 54.0 Å². The summed E-state index contributed by atoms with van der Waals surface area (Å²) in [7, 11) is 5.90. The van der Waals surface area contributed by atoms with Crippen molar-refractivity contribution in [1.82, 2.24) is 0 Å². The number of rotatable bonds is 15. The van der Waals surface area contributed by atoms with E-state index in [4.69, 9.17) is 5.11 Å². The fourth-order valence-corrected chi connectivity index (χ4v) is 3.13. The van der Waals surface area contributed by atoms with Crippen LogP contribution in [-0.2, 0) is 4.79 Å². The molecule has 4 nitrogen and oxygen atoms in total. The highest BCUT2D eigenvalue weighted by Gasteiger charge is 2.35. The Morgan fingerprint density at radius 1 is 0.960 bits per heavy atom. The minimum atomic E-state index is -1.16. The van der Waals surface area contributed by atoms with Gasteiger partial charge in [-0.1, -0.05) is 63.3 Å². The van der Waals surface area contributed by atoms with Gasteiger partial charge in [0.15, 0.2) is 0 Å². The zero-order valence-corrected chi connectivity index (χ0v) is 16.8. The van der Waals surface area contributed by atoms with E-state index in [9.17, 15) is 9.90 Å². The summed E-state index contributed by atoms with van der Waals surface area (Å²) in [6.07, 6.45) is 18.2. The van der Waals surface area contributed by atoms with Gasteiger partial charge < -0.3 is 14.7 Å². The van der Waals surface area contributed by atoms with Crippen LogP contribution in [0, 0.1) is 0 Å². The first-order valence-electron chi connectivity index (χ1n) is 9.75. The predicted molar refractivity (Wildman–Crippen MR) is 106 cm³/mol. The number of nitrogens with zero attached hydrogens (tertiary/aromatic N) is 1. The second kappa shape index (κ2) is 13.1. The standard InChI is InChI=1S/C21H39NO3/c1-5-6-7-8-9-10-11-12-13-14-15-16-17-21(25,18-20(23)24)19-22(2,3)4/h12-15,25H,5-11,16-19H2,1-4H3/p+1. The summed E-state index contributed by atoms with van der Waals surface area (Å²) < 4.78 is 0.547. The van der Waals surface area contributed by atoms with Crippen LogP contribution in [0.4, 0.5) is 0 Å². The molecule has 0 radical (unpaired) electrons. The van der Waals surface area contributed by atoms with Crippen LogP contribution in [0.1, 0.15) is 71.1 Å². The van der Waals surface area contributed by atoms with Gasteiger partial charge in [0.25, 0.3) is 0 Å². The lowest BCUT2D eigenvalue weighted by atomic mass is 9.92. The van der Waals surface area contributed by atoms with E-state index in [0.717, 1.165) is 6.42 Å². The van der Waals surface area contributed by atoms with E-state index in [1.807, 2.05) is 33.3 Å². The zero-order valence-electron chi connectivity index (χ0n) is 16.8. The van der Waals surface area contributed by atoms with E-state index >= 15 is 0 Å². The maximum absolute atomic E-state index is 11.0. The van der Waals surface area contributed by atoms with E-state index in [1.165, 1.54) is 38.5 Å². The molecule has 0 bridgehead atoms. The average Bonchev–Trinajstić information content (AvgIpc) is 2.45. The van der Waals surface area contributed by atoms with E-state index in [0.29, 0.717) is 23.9 Å². The SMILES string of the molecule is CCCCCCCCC=CC=CCCC(O)(CC(=O)O)C[N+](C)(C)C. The quantitative estimate of drug-likeness (QED) is 0.258. The largest absolute Gasteiger partial charge is 0.481 e. The van der Waals surface area contributed by atoms with Gasteiger partial charge in [0.05, 0.1) is 27.6 Å². The summed E-state index contributed by atoms with van der Waals surface area (Å²) in [4.78, 5) is 11.0. The summed E-state index contributed by atoms with van der Waals surface area (Å²) in [6.45, 7) is 2.67. The van der Waals surface area contributed by atoms with Crippen molar-refractivity contribution in [3.8, 4) is 0 Å². The van der Waals surface area contributed by atoms with Crippen LogP contribution < -0.4 is 0 Å². The molecular formula is C21H40NO3+. The third-order valence-corrected chi connectivity index (χ3v) is 4.13. The third kappa shape index (κ3) is 16.1. The fraction of sp³-hybridized carbons (Fsp3) is 0.762. The molecule has 146 valence electrons. The number of likely N-dealkylation sites (N-methyl/N-ethyl adjacent to an activating group) is 1. The van der Waals surface area contributed by atoms with Gasteiger partial charge in [-0.2, -0.15) is 0 Å². The monoisotopic (exact) mass is 354 g/mol. The number of quaternary nitrogens is 1. The molecule has 0 aliphatic heterocycles. The molecular weight excluding hydrogens is 314 g/mol. The van der Waals surface area contributed by atoms with E-state index in [2.05, 4.69) is 19.1 Å². The van der Waals surface area contributed by atoms with E-state index in [1.54, 1.807) is 0 Å². The average molecular weight is 355 g/mol. The maximum atomic E-state index is 11.0. The van der Waals surface area contributed by atoms with Crippen LogP contribution in [0.3, 0.4) is 0 Å². The first-order valence-corrected chi connectivity index (χ1v) is 9.75. The van der Waals surface area contributed by atoms with Crippen LogP contribution in [0.5, 0.6) is 0 Å². The number of carbonyl (C=O) groups is 1. The number of carboxylic acid groups (broad SMARTS) is 1. The highest BCUT2D eigenvalue weighted by atomic mass is 16.4. The number of hydrogen-bond acceptors (Lipinski definition) is 2. The topological polar surface area (TPSA) is 57.5 Å². The lowest BCUT2D eigenvalue weighted by Gasteiger charge is -2.34. The van der Waals surface area contributed by atoms with Crippen molar-refractivity contribution in [1.29, 1.82) is 0 Å². The molecule has 0 rings (SSSR count). The van der Waals surface area contributed by atoms with Crippen molar-refractivity contribution in [3.05, 3.63) is 24.3 Å². The van der Waals surface area contributed by atoms with Crippen LogP contribution in [0.2, 0.25) is 0 Å². The molecule has 0 spiro atoms. The minimum absolute atomic E-state index is 0.204. The molecule has 0 aromatic rings. The Bertz CT molecular complexity index is 410. The molecule has 1 atom stereocenters. The Morgan fingerprint density at radius 2 is 1.52 bits per heavy atom. The number of carboxylic acids is 1. The first-order chi connectivity index (χ1) is 11.7. The number of allylic oxidation sites excluding steroid dienone is 4. The van der Waals surface area contributed by atoms with Crippen LogP contribution in [0.15, 0.2) is 24.3 Å². The number of aliphatic hydroxyl groups is 1. The Kier molecular flexibility index (Phi) is 12.5. The number of hydrogen-bond donors (Lipinski definition) is 2. The highest BCUT2D eigenvalue weighted by Crippen LogP contribution is 2.21. The van der Waals surface area contributed by atoms with E-state index in [-0.39, 0.29) is 6.42 Å². The smallest absolute Gasteiger partial charge is 0.306 e. The number of aliphatic carboxylic acids is 1. The Labute approximate surface area is 154 Å². The molecule has 0 heterocycles. The molecule has 0 fully saturated rings. The first kappa shape index (κ1) is 23.9. The van der Waals surface area contributed by atoms with Gasteiger partial charge in [0.1, 0.15) is 12.1 Å². The fourth-order valence-electron chi connectivity index (χ4n) is 3.13. The van der Waals surface area contributed by atoms with Crippen LogP contribution >= 0.6 is 0 Å². The number of unbranched alkanes of at least 4 members (excludes halogenated alkanes) is 6. The Morgan fingerprint density at radius 3 is 2.08 bits per heavy atom. The van der Waals surface area contributed by atoms with Crippen molar-refractivity contribution in [2.45, 2.75) is 76.7 Å². The van der Waals surface area contributed by atoms with Crippen molar-refractivity contribution in [2.24, 2.45) is 0 Å². The summed E-state index contributed by atoms with van der Waals surface area (Å²) in [5.41, 5.74) is -1.16. The molecule has 2 N–H and O–H groups in total. The van der Waals surface area contributed by atoms with Crippen molar-refractivity contribution < 1.29 is 19.5 Å². The Balaban J connectivity index is 4.04. The summed E-state index contributed by atoms with van der Waals surface area (Å²) in [5.74, 6) is -0.946. The molecule has 0 aromatic carbocycles. The molecule has 0 aliphatic rings. The van der Waals surface area contributed by atoms with Crippen LogP contribution in [0.25, 0.3) is 0 Å². The van der Waals surface area contributed by atoms with Gasteiger partial charge in [-0.05, 0) is 25.7 Å². The van der Waals surface area contributed by atoms with Gasteiger partial charge in [-0.15, -0.1) is 0 Å². The van der Waals surface area contributed by atoms with Gasteiger partial charge >= 0.3 is 5.97 Å². The highest BCUT2D eigenvalue weighted by molar-refractivity contribution is 5.68. The zero-order chi connectivity index (χ0) is 19.2. The Hall–Kier alpha value is -1.13. The normalized spacial score (nSPS) is 15.1. The summed E-state index contributed by atoms with van der Waals surface area (Å²) in [5, 5.41) is 19.7.